The zero-order valence-corrected chi connectivity index (χ0v) is 12.7. The molecule has 1 unspecified atom stereocenters. The number of amides is 1. The van der Waals surface area contributed by atoms with Gasteiger partial charge in [-0.25, -0.2) is 0 Å². The van der Waals surface area contributed by atoms with Crippen LogP contribution in [0.1, 0.15) is 28.5 Å². The van der Waals surface area contributed by atoms with Crippen LogP contribution in [0.2, 0.25) is 0 Å². The first-order valence-corrected chi connectivity index (χ1v) is 8.27. The Morgan fingerprint density at radius 3 is 2.95 bits per heavy atom. The molecule has 4 nitrogen and oxygen atoms in total. The minimum Gasteiger partial charge on any atom is -0.344 e. The molecule has 0 saturated carbocycles. The Hall–Kier alpha value is -2.27. The third-order valence-electron chi connectivity index (χ3n) is 3.95. The number of nitrogens with zero attached hydrogens (tertiary/aromatic N) is 1. The Kier molecular flexibility index (Phi) is 3.35. The van der Waals surface area contributed by atoms with Gasteiger partial charge in [0.15, 0.2) is 5.69 Å². The van der Waals surface area contributed by atoms with Crippen molar-refractivity contribution < 1.29 is 4.79 Å². The molecule has 5 heteroatoms. The quantitative estimate of drug-likeness (QED) is 0.761. The summed E-state index contributed by atoms with van der Waals surface area (Å²) in [6.07, 6.45) is 0.940. The Morgan fingerprint density at radius 1 is 1.18 bits per heavy atom. The maximum absolute atomic E-state index is 12.6. The van der Waals surface area contributed by atoms with Crippen molar-refractivity contribution in [1.29, 1.82) is 0 Å². The van der Waals surface area contributed by atoms with E-state index in [0.717, 1.165) is 23.1 Å². The summed E-state index contributed by atoms with van der Waals surface area (Å²) in [5.74, 6) is 0.896. The second kappa shape index (κ2) is 5.50. The Balaban J connectivity index is 1.63. The first kappa shape index (κ1) is 13.4. The van der Waals surface area contributed by atoms with E-state index in [1.807, 2.05) is 48.2 Å². The zero-order chi connectivity index (χ0) is 14.9. The summed E-state index contributed by atoms with van der Waals surface area (Å²) in [5.41, 5.74) is 2.55. The summed E-state index contributed by atoms with van der Waals surface area (Å²) in [4.78, 5) is 13.9. The van der Waals surface area contributed by atoms with E-state index in [0.29, 0.717) is 5.69 Å². The van der Waals surface area contributed by atoms with Crippen LogP contribution in [0.5, 0.6) is 0 Å². The van der Waals surface area contributed by atoms with E-state index in [2.05, 4.69) is 27.6 Å². The molecule has 1 aromatic heterocycles. The van der Waals surface area contributed by atoms with Gasteiger partial charge in [-0.2, -0.15) is 5.10 Å². The van der Waals surface area contributed by atoms with Crippen LogP contribution in [0.25, 0.3) is 10.9 Å². The Labute approximate surface area is 132 Å². The number of hydrogen-bond acceptors (Lipinski definition) is 3. The molecule has 3 aromatic rings. The molecule has 1 amide bonds. The number of carbonyl (C=O) groups is 1. The van der Waals surface area contributed by atoms with Crippen molar-refractivity contribution in [3.63, 3.8) is 0 Å². The average molecular weight is 309 g/mol. The molecular formula is C17H15N3OS. The molecule has 4 rings (SSSR count). The maximum atomic E-state index is 12.6. The molecule has 2 heterocycles. The fourth-order valence-electron chi connectivity index (χ4n) is 2.86. The topological polar surface area (TPSA) is 57.8 Å². The first-order valence-electron chi connectivity index (χ1n) is 7.28. The van der Waals surface area contributed by atoms with Crippen molar-refractivity contribution in [3.8, 4) is 0 Å². The van der Waals surface area contributed by atoms with Crippen LogP contribution < -0.4 is 5.32 Å². The monoisotopic (exact) mass is 309 g/mol. The second-order valence-corrected chi connectivity index (χ2v) is 6.46. The number of rotatable bonds is 2. The van der Waals surface area contributed by atoms with Crippen LogP contribution in [-0.2, 0) is 0 Å². The molecule has 0 aliphatic carbocycles. The summed E-state index contributed by atoms with van der Waals surface area (Å²) in [7, 11) is 0. The van der Waals surface area contributed by atoms with Crippen LogP contribution in [0.4, 0.5) is 0 Å². The van der Waals surface area contributed by atoms with E-state index in [1.54, 1.807) is 0 Å². The molecule has 0 radical (unpaired) electrons. The number of aromatic amines is 1. The molecular weight excluding hydrogens is 294 g/mol. The molecule has 0 bridgehead atoms. The highest BCUT2D eigenvalue weighted by Crippen LogP contribution is 2.36. The fourth-order valence-corrected chi connectivity index (χ4v) is 3.98. The van der Waals surface area contributed by atoms with Crippen LogP contribution in [0.15, 0.2) is 53.4 Å². The van der Waals surface area contributed by atoms with Gasteiger partial charge in [0.1, 0.15) is 0 Å². The van der Waals surface area contributed by atoms with Crippen molar-refractivity contribution in [2.24, 2.45) is 0 Å². The number of aromatic nitrogens is 2. The zero-order valence-electron chi connectivity index (χ0n) is 11.9. The number of para-hydroxylation sites is 1. The minimum atomic E-state index is -0.121. The fraction of sp³-hybridized carbons (Fsp3) is 0.176. The second-order valence-electron chi connectivity index (χ2n) is 5.32. The third-order valence-corrected chi connectivity index (χ3v) is 5.07. The van der Waals surface area contributed by atoms with Crippen LogP contribution >= 0.6 is 11.8 Å². The highest BCUT2D eigenvalue weighted by molar-refractivity contribution is 7.99. The van der Waals surface area contributed by atoms with Gasteiger partial charge in [0, 0.05) is 16.0 Å². The minimum absolute atomic E-state index is 0.0559. The summed E-state index contributed by atoms with van der Waals surface area (Å²) in [5, 5.41) is 11.1. The largest absolute Gasteiger partial charge is 0.344 e. The lowest BCUT2D eigenvalue weighted by atomic mass is 10.0. The number of H-pyrrole nitrogens is 1. The van der Waals surface area contributed by atoms with Gasteiger partial charge in [-0.1, -0.05) is 36.4 Å². The Morgan fingerprint density at radius 2 is 2.00 bits per heavy atom. The number of benzene rings is 2. The molecule has 1 aliphatic rings. The molecule has 110 valence electrons. The molecule has 1 aliphatic heterocycles. The lowest BCUT2D eigenvalue weighted by molar-refractivity contribution is 0.0931. The smallest absolute Gasteiger partial charge is 0.272 e. The van der Waals surface area contributed by atoms with Gasteiger partial charge in [-0.05, 0) is 24.1 Å². The molecule has 0 fully saturated rings. The van der Waals surface area contributed by atoms with E-state index < -0.39 is 0 Å². The van der Waals surface area contributed by atoms with E-state index in [4.69, 9.17) is 0 Å². The van der Waals surface area contributed by atoms with E-state index in [9.17, 15) is 4.79 Å². The third kappa shape index (κ3) is 2.27. The normalized spacial score (nSPS) is 17.2. The molecule has 2 N–H and O–H groups in total. The predicted molar refractivity (Wildman–Crippen MR) is 88.1 cm³/mol. The number of nitrogens with one attached hydrogen (secondary N) is 2. The van der Waals surface area contributed by atoms with Crippen LogP contribution in [0, 0.1) is 0 Å². The van der Waals surface area contributed by atoms with Crippen molar-refractivity contribution in [3.05, 3.63) is 59.8 Å². The summed E-state index contributed by atoms with van der Waals surface area (Å²) >= 11 is 1.85. The number of thioether (sulfide) groups is 1. The number of carbonyl (C=O) groups excluding carboxylic acids is 1. The molecule has 1 atom stereocenters. The van der Waals surface area contributed by atoms with Crippen LogP contribution in [0.3, 0.4) is 0 Å². The molecule has 0 spiro atoms. The van der Waals surface area contributed by atoms with Gasteiger partial charge in [0.05, 0.1) is 11.6 Å². The van der Waals surface area contributed by atoms with Crippen molar-refractivity contribution >= 4 is 28.6 Å². The van der Waals surface area contributed by atoms with E-state index in [-0.39, 0.29) is 11.9 Å². The van der Waals surface area contributed by atoms with Gasteiger partial charge < -0.3 is 5.32 Å². The SMILES string of the molecule is O=C(NC1CCSc2ccccc21)c1n[nH]c2ccccc12. The average Bonchev–Trinajstić information content (AvgIpc) is 2.99. The van der Waals surface area contributed by atoms with Gasteiger partial charge >= 0.3 is 0 Å². The van der Waals surface area contributed by atoms with Gasteiger partial charge in [0.2, 0.25) is 0 Å². The van der Waals surface area contributed by atoms with Gasteiger partial charge in [-0.3, -0.25) is 9.89 Å². The number of fused-ring (bicyclic) bond motifs is 2. The summed E-state index contributed by atoms with van der Waals surface area (Å²) in [6.45, 7) is 0. The maximum Gasteiger partial charge on any atom is 0.272 e. The summed E-state index contributed by atoms with van der Waals surface area (Å²) in [6, 6.07) is 16.0. The van der Waals surface area contributed by atoms with Crippen molar-refractivity contribution in [1.82, 2.24) is 15.5 Å². The summed E-state index contributed by atoms with van der Waals surface area (Å²) < 4.78 is 0. The molecule has 0 saturated heterocycles. The van der Waals surface area contributed by atoms with Gasteiger partial charge in [0.25, 0.3) is 5.91 Å². The lowest BCUT2D eigenvalue weighted by Gasteiger charge is -2.25. The van der Waals surface area contributed by atoms with Crippen molar-refractivity contribution in [2.45, 2.75) is 17.4 Å². The van der Waals surface area contributed by atoms with E-state index in [1.165, 1.54) is 10.5 Å². The lowest BCUT2D eigenvalue weighted by Crippen LogP contribution is -2.31. The van der Waals surface area contributed by atoms with Gasteiger partial charge in [-0.15, -0.1) is 11.8 Å². The molecule has 2 aromatic carbocycles. The van der Waals surface area contributed by atoms with E-state index >= 15 is 0 Å². The van der Waals surface area contributed by atoms with Crippen LogP contribution in [-0.4, -0.2) is 21.9 Å². The number of hydrogen-bond donors (Lipinski definition) is 2. The Bertz CT molecular complexity index is 843. The van der Waals surface area contributed by atoms with Crippen molar-refractivity contribution in [2.75, 3.05) is 5.75 Å². The first-order chi connectivity index (χ1) is 10.8. The highest BCUT2D eigenvalue weighted by Gasteiger charge is 2.24. The highest BCUT2D eigenvalue weighted by atomic mass is 32.2. The molecule has 22 heavy (non-hydrogen) atoms. The standard InChI is InChI=1S/C17H15N3OS/c21-17(16-12-6-1-3-7-14(12)19-20-16)18-13-9-10-22-15-8-4-2-5-11(13)15/h1-8,13H,9-10H2,(H,18,21)(H,19,20). The predicted octanol–water partition coefficient (Wildman–Crippen LogP) is 3.53.